The highest BCUT2D eigenvalue weighted by Crippen LogP contribution is 2.35. The molecule has 0 unspecified atom stereocenters. The third-order valence-corrected chi connectivity index (χ3v) is 4.61. The fourth-order valence-corrected chi connectivity index (χ4v) is 3.46. The maximum atomic E-state index is 13.0. The van der Waals surface area contributed by atoms with Crippen molar-refractivity contribution in [1.29, 1.82) is 0 Å². The summed E-state index contributed by atoms with van der Waals surface area (Å²) in [5, 5.41) is 0. The smallest absolute Gasteiger partial charge is 0.232 e. The quantitative estimate of drug-likeness (QED) is 0.799. The Morgan fingerprint density at radius 2 is 1.78 bits per heavy atom. The van der Waals surface area contributed by atoms with Crippen LogP contribution in [0.25, 0.3) is 0 Å². The first kappa shape index (κ1) is 16.0. The van der Waals surface area contributed by atoms with Gasteiger partial charge < -0.3 is 14.5 Å². The van der Waals surface area contributed by atoms with E-state index in [9.17, 15) is 9.59 Å². The Morgan fingerprint density at radius 1 is 1.13 bits per heavy atom. The molecule has 23 heavy (non-hydrogen) atoms. The van der Waals surface area contributed by atoms with Crippen LogP contribution < -0.4 is 9.80 Å². The number of hydrogen-bond donors (Lipinski definition) is 0. The van der Waals surface area contributed by atoms with Gasteiger partial charge in [0.1, 0.15) is 0 Å². The van der Waals surface area contributed by atoms with Gasteiger partial charge >= 0.3 is 0 Å². The molecule has 0 radical (unpaired) electrons. The zero-order valence-electron chi connectivity index (χ0n) is 13.8. The van der Waals surface area contributed by atoms with Crippen molar-refractivity contribution in [3.05, 3.63) is 24.3 Å². The molecule has 3 rings (SSSR count). The molecule has 2 aliphatic rings. The van der Waals surface area contributed by atoms with Crippen LogP contribution in [-0.4, -0.2) is 38.1 Å². The Hall–Kier alpha value is -1.88. The molecule has 2 heterocycles. The van der Waals surface area contributed by atoms with Crippen LogP contribution in [0.4, 0.5) is 11.4 Å². The molecule has 1 fully saturated rings. The van der Waals surface area contributed by atoms with Gasteiger partial charge in [0.25, 0.3) is 0 Å². The lowest BCUT2D eigenvalue weighted by molar-refractivity contribution is -0.126. The molecular weight excluding hydrogens is 292 g/mol. The van der Waals surface area contributed by atoms with Crippen LogP contribution in [0.5, 0.6) is 0 Å². The van der Waals surface area contributed by atoms with Crippen molar-refractivity contribution >= 4 is 23.2 Å². The van der Waals surface area contributed by atoms with E-state index in [1.807, 2.05) is 29.2 Å². The van der Waals surface area contributed by atoms with Gasteiger partial charge in [-0.1, -0.05) is 19.1 Å². The maximum absolute atomic E-state index is 13.0. The van der Waals surface area contributed by atoms with Crippen molar-refractivity contribution < 1.29 is 14.3 Å². The zero-order chi connectivity index (χ0) is 16.4. The van der Waals surface area contributed by atoms with Crippen molar-refractivity contribution in [2.75, 3.05) is 36.1 Å². The summed E-state index contributed by atoms with van der Waals surface area (Å²) in [7, 11) is 0. The van der Waals surface area contributed by atoms with Crippen molar-refractivity contribution in [3.8, 4) is 0 Å². The third-order valence-electron chi connectivity index (χ3n) is 4.61. The van der Waals surface area contributed by atoms with Crippen LogP contribution in [0, 0.1) is 11.8 Å². The monoisotopic (exact) mass is 316 g/mol. The van der Waals surface area contributed by atoms with E-state index < -0.39 is 0 Å². The largest absolute Gasteiger partial charge is 0.381 e. The number of benzene rings is 1. The third kappa shape index (κ3) is 3.24. The molecule has 0 bridgehead atoms. The van der Waals surface area contributed by atoms with Crippen molar-refractivity contribution in [2.45, 2.75) is 26.7 Å². The summed E-state index contributed by atoms with van der Waals surface area (Å²) in [5.41, 5.74) is 1.66. The fourth-order valence-electron chi connectivity index (χ4n) is 3.46. The number of hydrogen-bond acceptors (Lipinski definition) is 3. The van der Waals surface area contributed by atoms with Gasteiger partial charge in [-0.05, 0) is 30.9 Å². The van der Waals surface area contributed by atoms with Gasteiger partial charge in [0.2, 0.25) is 11.8 Å². The number of para-hydroxylation sites is 2. The first-order chi connectivity index (χ1) is 11.1. The summed E-state index contributed by atoms with van der Waals surface area (Å²) in [5.74, 6) is 0.279. The van der Waals surface area contributed by atoms with E-state index in [0.29, 0.717) is 19.7 Å². The molecule has 0 N–H and O–H groups in total. The number of rotatable bonds is 1. The van der Waals surface area contributed by atoms with E-state index >= 15 is 0 Å². The summed E-state index contributed by atoms with van der Waals surface area (Å²) in [6.07, 6.45) is 1.81. The number of ether oxygens (including phenoxy) is 1. The van der Waals surface area contributed by atoms with Crippen molar-refractivity contribution in [2.24, 2.45) is 11.8 Å². The zero-order valence-corrected chi connectivity index (χ0v) is 13.8. The minimum Gasteiger partial charge on any atom is -0.381 e. The second kappa shape index (κ2) is 6.71. The van der Waals surface area contributed by atoms with E-state index in [4.69, 9.17) is 4.74 Å². The second-order valence-corrected chi connectivity index (χ2v) is 6.59. The van der Waals surface area contributed by atoms with Gasteiger partial charge in [-0.25, -0.2) is 0 Å². The highest BCUT2D eigenvalue weighted by atomic mass is 16.5. The summed E-state index contributed by atoms with van der Waals surface area (Å²) >= 11 is 0. The molecule has 0 spiro atoms. The lowest BCUT2D eigenvalue weighted by Gasteiger charge is -2.30. The lowest BCUT2D eigenvalue weighted by Crippen LogP contribution is -2.41. The standard InChI is InChI=1S/C18H24N2O3/c1-13-10-19(14(2)21)16-7-3-4-8-17(16)20(11-13)18(22)15-6-5-9-23-12-15/h3-4,7-8,13,15H,5-6,9-12H2,1-2H3/t13-,15-/m1/s1. The molecule has 1 aromatic rings. The Balaban J connectivity index is 1.96. The minimum atomic E-state index is -0.0760. The molecule has 124 valence electrons. The van der Waals surface area contributed by atoms with Gasteiger partial charge in [0, 0.05) is 26.6 Å². The Labute approximate surface area is 137 Å². The number of nitrogens with zero attached hydrogens (tertiary/aromatic N) is 2. The van der Waals surface area contributed by atoms with Crippen LogP contribution in [-0.2, 0) is 14.3 Å². The van der Waals surface area contributed by atoms with Crippen LogP contribution >= 0.6 is 0 Å². The van der Waals surface area contributed by atoms with Crippen LogP contribution in [0.15, 0.2) is 24.3 Å². The Bertz CT molecular complexity index is 596. The number of anilines is 2. The first-order valence-electron chi connectivity index (χ1n) is 8.34. The highest BCUT2D eigenvalue weighted by Gasteiger charge is 2.33. The van der Waals surface area contributed by atoms with E-state index in [1.165, 1.54) is 0 Å². The predicted molar refractivity (Wildman–Crippen MR) is 89.5 cm³/mol. The van der Waals surface area contributed by atoms with Crippen LogP contribution in [0.2, 0.25) is 0 Å². The lowest BCUT2D eigenvalue weighted by atomic mass is 9.99. The SMILES string of the molecule is CC(=O)N1C[C@@H](C)CN(C(=O)[C@@H]2CCCOC2)c2ccccc21. The van der Waals surface area contributed by atoms with Gasteiger partial charge in [-0.15, -0.1) is 0 Å². The summed E-state index contributed by atoms with van der Waals surface area (Å²) in [6, 6.07) is 7.69. The summed E-state index contributed by atoms with van der Waals surface area (Å²) in [6.45, 7) is 6.18. The van der Waals surface area contributed by atoms with E-state index in [-0.39, 0.29) is 23.7 Å². The minimum absolute atomic E-state index is 0.0135. The average Bonchev–Trinajstić information content (AvgIpc) is 2.72. The molecule has 0 aromatic heterocycles. The Kier molecular flexibility index (Phi) is 4.66. The fraction of sp³-hybridized carbons (Fsp3) is 0.556. The predicted octanol–water partition coefficient (Wildman–Crippen LogP) is 2.45. The van der Waals surface area contributed by atoms with Crippen molar-refractivity contribution in [1.82, 2.24) is 0 Å². The highest BCUT2D eigenvalue weighted by molar-refractivity contribution is 6.03. The molecule has 5 heteroatoms. The maximum Gasteiger partial charge on any atom is 0.232 e. The molecule has 0 saturated carbocycles. The topological polar surface area (TPSA) is 49.9 Å². The number of carbonyl (C=O) groups excluding carboxylic acids is 2. The van der Waals surface area contributed by atoms with Crippen LogP contribution in [0.3, 0.4) is 0 Å². The molecule has 5 nitrogen and oxygen atoms in total. The van der Waals surface area contributed by atoms with Crippen LogP contribution in [0.1, 0.15) is 26.7 Å². The number of carbonyl (C=O) groups is 2. The van der Waals surface area contributed by atoms with Gasteiger partial charge in [-0.3, -0.25) is 9.59 Å². The molecule has 2 aliphatic heterocycles. The van der Waals surface area contributed by atoms with Gasteiger partial charge in [-0.2, -0.15) is 0 Å². The normalized spacial score (nSPS) is 24.8. The van der Waals surface area contributed by atoms with E-state index in [0.717, 1.165) is 30.8 Å². The van der Waals surface area contributed by atoms with Gasteiger partial charge in [0.15, 0.2) is 0 Å². The van der Waals surface area contributed by atoms with E-state index in [2.05, 4.69) is 6.92 Å². The molecule has 2 atom stereocenters. The first-order valence-corrected chi connectivity index (χ1v) is 8.34. The molecule has 2 amide bonds. The molecule has 1 aromatic carbocycles. The molecular formula is C18H24N2O3. The Morgan fingerprint density at radius 3 is 2.39 bits per heavy atom. The number of fused-ring (bicyclic) bond motifs is 1. The average molecular weight is 316 g/mol. The second-order valence-electron chi connectivity index (χ2n) is 6.59. The molecule has 1 saturated heterocycles. The van der Waals surface area contributed by atoms with Gasteiger partial charge in [0.05, 0.1) is 23.9 Å². The molecule has 0 aliphatic carbocycles. The summed E-state index contributed by atoms with van der Waals surface area (Å²) < 4.78 is 5.49. The van der Waals surface area contributed by atoms with E-state index in [1.54, 1.807) is 11.8 Å². The summed E-state index contributed by atoms with van der Waals surface area (Å²) in [4.78, 5) is 28.7. The van der Waals surface area contributed by atoms with Crippen molar-refractivity contribution in [3.63, 3.8) is 0 Å². The number of amides is 2.